The average Bonchev–Trinajstić information content (AvgIpc) is 2.07. The molecule has 0 aromatic heterocycles. The zero-order chi connectivity index (χ0) is 9.84. The summed E-state index contributed by atoms with van der Waals surface area (Å²) in [6.45, 7) is 0. The summed E-state index contributed by atoms with van der Waals surface area (Å²) in [5, 5.41) is 11.2. The second-order valence-corrected chi connectivity index (χ2v) is 2.73. The van der Waals surface area contributed by atoms with Gasteiger partial charge < -0.3 is 11.1 Å². The number of rotatable bonds is 1. The highest BCUT2D eigenvalue weighted by molar-refractivity contribution is 7.80. The molecule has 0 aliphatic heterocycles. The van der Waals surface area contributed by atoms with Crippen molar-refractivity contribution < 1.29 is 4.39 Å². The molecule has 0 heterocycles. The predicted molar refractivity (Wildman–Crippen MR) is 51.5 cm³/mol. The Bertz CT molecular complexity index is 383. The number of halogens is 1. The number of hydrogen-bond donors (Lipinski definition) is 2. The molecule has 0 spiro atoms. The number of anilines is 1. The fraction of sp³-hybridized carbons (Fsp3) is 0. The van der Waals surface area contributed by atoms with Crippen LogP contribution in [0.1, 0.15) is 5.56 Å². The summed E-state index contributed by atoms with van der Waals surface area (Å²) in [6, 6.07) is 5.57. The Morgan fingerprint density at radius 2 is 2.31 bits per heavy atom. The molecule has 66 valence electrons. The first-order valence-electron chi connectivity index (χ1n) is 3.39. The number of benzene rings is 1. The van der Waals surface area contributed by atoms with Crippen LogP contribution in [0.4, 0.5) is 10.1 Å². The maximum absolute atomic E-state index is 12.6. The van der Waals surface area contributed by atoms with Crippen molar-refractivity contribution in [3.05, 3.63) is 29.6 Å². The zero-order valence-corrected chi connectivity index (χ0v) is 7.36. The molecule has 0 saturated carbocycles. The summed E-state index contributed by atoms with van der Waals surface area (Å²) in [4.78, 5) is 0. The van der Waals surface area contributed by atoms with Crippen molar-refractivity contribution in [1.29, 1.82) is 5.26 Å². The third-order valence-electron chi connectivity index (χ3n) is 1.36. The van der Waals surface area contributed by atoms with E-state index in [-0.39, 0.29) is 10.7 Å². The Hall–Kier alpha value is -1.67. The number of nitriles is 1. The summed E-state index contributed by atoms with van der Waals surface area (Å²) in [5.74, 6) is -0.468. The van der Waals surface area contributed by atoms with Gasteiger partial charge in [-0.25, -0.2) is 4.39 Å². The van der Waals surface area contributed by atoms with Gasteiger partial charge in [0.25, 0.3) is 0 Å². The molecule has 5 heteroatoms. The molecule has 0 unspecified atom stereocenters. The SMILES string of the molecule is N#Cc1cc(F)ccc1NC(N)=S. The number of hydrogen-bond acceptors (Lipinski definition) is 2. The number of nitrogens with zero attached hydrogens (tertiary/aromatic N) is 1. The molecule has 0 saturated heterocycles. The van der Waals surface area contributed by atoms with Crippen molar-refractivity contribution in [2.24, 2.45) is 5.73 Å². The minimum atomic E-state index is -0.468. The first-order chi connectivity index (χ1) is 6.13. The standard InChI is InChI=1S/C8H6FN3S/c9-6-1-2-7(12-8(11)13)5(3-6)4-10/h1-3H,(H3,11,12,13). The quantitative estimate of drug-likeness (QED) is 0.664. The van der Waals surface area contributed by atoms with E-state index >= 15 is 0 Å². The van der Waals surface area contributed by atoms with Crippen molar-refractivity contribution in [3.8, 4) is 6.07 Å². The molecule has 0 atom stereocenters. The molecule has 13 heavy (non-hydrogen) atoms. The lowest BCUT2D eigenvalue weighted by atomic mass is 10.2. The number of nitrogens with two attached hydrogens (primary N) is 1. The summed E-state index contributed by atoms with van der Waals surface area (Å²) in [6.07, 6.45) is 0. The highest BCUT2D eigenvalue weighted by Gasteiger charge is 2.03. The van der Waals surface area contributed by atoms with E-state index in [1.807, 2.05) is 6.07 Å². The third-order valence-corrected chi connectivity index (χ3v) is 1.46. The van der Waals surface area contributed by atoms with Crippen LogP contribution < -0.4 is 11.1 Å². The van der Waals surface area contributed by atoms with Gasteiger partial charge >= 0.3 is 0 Å². The Morgan fingerprint density at radius 3 is 2.85 bits per heavy atom. The zero-order valence-electron chi connectivity index (χ0n) is 6.54. The molecule has 1 aromatic carbocycles. The second kappa shape index (κ2) is 3.83. The lowest BCUT2D eigenvalue weighted by Crippen LogP contribution is -2.19. The van der Waals surface area contributed by atoms with Gasteiger partial charge in [-0.3, -0.25) is 0 Å². The number of nitrogens with one attached hydrogen (secondary N) is 1. The smallest absolute Gasteiger partial charge is 0.168 e. The van der Waals surface area contributed by atoms with E-state index in [1.54, 1.807) is 0 Å². The van der Waals surface area contributed by atoms with E-state index in [0.29, 0.717) is 5.69 Å². The van der Waals surface area contributed by atoms with Gasteiger partial charge in [-0.15, -0.1) is 0 Å². The molecule has 0 bridgehead atoms. The lowest BCUT2D eigenvalue weighted by molar-refractivity contribution is 0.627. The first-order valence-corrected chi connectivity index (χ1v) is 3.80. The van der Waals surface area contributed by atoms with Crippen LogP contribution in [-0.2, 0) is 0 Å². The highest BCUT2D eigenvalue weighted by atomic mass is 32.1. The molecule has 0 aliphatic rings. The van der Waals surface area contributed by atoms with E-state index in [4.69, 9.17) is 11.0 Å². The van der Waals surface area contributed by atoms with Gasteiger partial charge in [0, 0.05) is 0 Å². The van der Waals surface area contributed by atoms with Crippen LogP contribution in [0, 0.1) is 17.1 Å². The Balaban J connectivity index is 3.08. The van der Waals surface area contributed by atoms with Gasteiger partial charge in [0.1, 0.15) is 11.9 Å². The van der Waals surface area contributed by atoms with Crippen LogP contribution in [0.3, 0.4) is 0 Å². The minimum absolute atomic E-state index is 0.0445. The predicted octanol–water partition coefficient (Wildman–Crippen LogP) is 1.35. The largest absolute Gasteiger partial charge is 0.376 e. The third kappa shape index (κ3) is 2.39. The van der Waals surface area contributed by atoms with Gasteiger partial charge in [0.05, 0.1) is 11.3 Å². The molecule has 0 amide bonds. The van der Waals surface area contributed by atoms with Gasteiger partial charge in [-0.1, -0.05) is 0 Å². The van der Waals surface area contributed by atoms with Crippen LogP contribution in [0.15, 0.2) is 18.2 Å². The molecule has 1 rings (SSSR count). The van der Waals surface area contributed by atoms with E-state index in [9.17, 15) is 4.39 Å². The van der Waals surface area contributed by atoms with Crippen LogP contribution in [0.2, 0.25) is 0 Å². The summed E-state index contributed by atoms with van der Waals surface area (Å²) in [5.41, 5.74) is 5.79. The highest BCUT2D eigenvalue weighted by Crippen LogP contribution is 2.15. The van der Waals surface area contributed by atoms with Crippen molar-refractivity contribution >= 4 is 23.0 Å². The summed E-state index contributed by atoms with van der Waals surface area (Å²) in [7, 11) is 0. The fourth-order valence-electron chi connectivity index (χ4n) is 0.851. The van der Waals surface area contributed by atoms with Gasteiger partial charge in [0.2, 0.25) is 0 Å². The van der Waals surface area contributed by atoms with Gasteiger partial charge in [-0.2, -0.15) is 5.26 Å². The normalized spacial score (nSPS) is 8.92. The van der Waals surface area contributed by atoms with Crippen LogP contribution >= 0.6 is 12.2 Å². The van der Waals surface area contributed by atoms with Gasteiger partial charge in [-0.05, 0) is 30.4 Å². The summed E-state index contributed by atoms with van der Waals surface area (Å²) >= 11 is 4.58. The van der Waals surface area contributed by atoms with Crippen LogP contribution in [0.5, 0.6) is 0 Å². The molecular formula is C8H6FN3S. The van der Waals surface area contributed by atoms with Crippen molar-refractivity contribution in [3.63, 3.8) is 0 Å². The Morgan fingerprint density at radius 1 is 1.62 bits per heavy atom. The Kier molecular flexibility index (Phi) is 2.77. The number of thiocarbonyl (C=S) groups is 1. The monoisotopic (exact) mass is 195 g/mol. The van der Waals surface area contributed by atoms with Crippen molar-refractivity contribution in [1.82, 2.24) is 0 Å². The molecule has 3 N–H and O–H groups in total. The van der Waals surface area contributed by atoms with Crippen LogP contribution in [-0.4, -0.2) is 5.11 Å². The fourth-order valence-corrected chi connectivity index (χ4v) is 0.961. The molecular weight excluding hydrogens is 189 g/mol. The average molecular weight is 195 g/mol. The molecule has 3 nitrogen and oxygen atoms in total. The van der Waals surface area contributed by atoms with Gasteiger partial charge in [0.15, 0.2) is 5.11 Å². The lowest BCUT2D eigenvalue weighted by Gasteiger charge is -2.04. The van der Waals surface area contributed by atoms with Crippen molar-refractivity contribution in [2.75, 3.05) is 5.32 Å². The Labute approximate surface area is 80.0 Å². The minimum Gasteiger partial charge on any atom is -0.376 e. The molecule has 1 aromatic rings. The maximum atomic E-state index is 12.6. The van der Waals surface area contributed by atoms with E-state index < -0.39 is 5.82 Å². The van der Waals surface area contributed by atoms with Crippen LogP contribution in [0.25, 0.3) is 0 Å². The second-order valence-electron chi connectivity index (χ2n) is 2.29. The molecule has 0 fully saturated rings. The topological polar surface area (TPSA) is 61.8 Å². The summed E-state index contributed by atoms with van der Waals surface area (Å²) < 4.78 is 12.6. The molecule has 0 aliphatic carbocycles. The van der Waals surface area contributed by atoms with E-state index in [2.05, 4.69) is 17.5 Å². The van der Waals surface area contributed by atoms with Crippen molar-refractivity contribution in [2.45, 2.75) is 0 Å². The van der Waals surface area contributed by atoms with E-state index in [0.717, 1.165) is 6.07 Å². The maximum Gasteiger partial charge on any atom is 0.168 e. The first kappa shape index (κ1) is 9.42. The molecule has 0 radical (unpaired) electrons. The van der Waals surface area contributed by atoms with E-state index in [1.165, 1.54) is 12.1 Å².